The van der Waals surface area contributed by atoms with Gasteiger partial charge < -0.3 is 5.11 Å². The van der Waals surface area contributed by atoms with Crippen LogP contribution in [0.2, 0.25) is 0 Å². The fourth-order valence-corrected chi connectivity index (χ4v) is 1.86. The largest absolute Gasteiger partial charge is 0.481 e. The molecule has 2 rings (SSSR count). The van der Waals surface area contributed by atoms with Crippen molar-refractivity contribution >= 4 is 11.8 Å². The number of rotatable bonds is 6. The molecule has 0 saturated heterocycles. The van der Waals surface area contributed by atoms with Crippen LogP contribution in [0.1, 0.15) is 41.6 Å². The zero-order valence-corrected chi connectivity index (χ0v) is 12.9. The number of hydrogen-bond acceptors (Lipinski definition) is 2. The molecule has 0 spiro atoms. The highest BCUT2D eigenvalue weighted by atomic mass is 16.4. The molecule has 116 valence electrons. The van der Waals surface area contributed by atoms with Crippen molar-refractivity contribution in [1.82, 2.24) is 0 Å². The Morgan fingerprint density at radius 2 is 1.32 bits per heavy atom. The molecule has 0 saturated carbocycles. The van der Waals surface area contributed by atoms with Crippen LogP contribution in [0.4, 0.5) is 0 Å². The van der Waals surface area contributed by atoms with Crippen LogP contribution in [0, 0.1) is 6.92 Å². The number of carbonyl (C=O) groups is 2. The SMILES string of the molecule is Cc1ccccc1.O=C(O)CCCCC(=O)c1ccccc1. The molecular formula is C19H22O3. The number of aliphatic carboxylic acids is 1. The van der Waals surface area contributed by atoms with Gasteiger partial charge in [-0.05, 0) is 19.8 Å². The van der Waals surface area contributed by atoms with E-state index in [4.69, 9.17) is 5.11 Å². The molecular weight excluding hydrogens is 276 g/mol. The number of carboxylic acids is 1. The lowest BCUT2D eigenvalue weighted by Gasteiger charge is -1.99. The van der Waals surface area contributed by atoms with Crippen LogP contribution >= 0.6 is 0 Å². The van der Waals surface area contributed by atoms with Crippen molar-refractivity contribution in [3.8, 4) is 0 Å². The van der Waals surface area contributed by atoms with Crippen molar-refractivity contribution < 1.29 is 14.7 Å². The van der Waals surface area contributed by atoms with E-state index in [9.17, 15) is 9.59 Å². The average Bonchev–Trinajstić information content (AvgIpc) is 2.53. The Labute approximate surface area is 131 Å². The number of unbranched alkanes of at least 4 members (excludes halogenated alkanes) is 1. The van der Waals surface area contributed by atoms with E-state index < -0.39 is 5.97 Å². The van der Waals surface area contributed by atoms with E-state index in [1.165, 1.54) is 5.56 Å². The van der Waals surface area contributed by atoms with Gasteiger partial charge in [0.15, 0.2) is 5.78 Å². The maximum Gasteiger partial charge on any atom is 0.303 e. The van der Waals surface area contributed by atoms with Crippen molar-refractivity contribution in [3.63, 3.8) is 0 Å². The summed E-state index contributed by atoms with van der Waals surface area (Å²) in [7, 11) is 0. The molecule has 0 aliphatic heterocycles. The van der Waals surface area contributed by atoms with Gasteiger partial charge in [0.05, 0.1) is 0 Å². The molecule has 22 heavy (non-hydrogen) atoms. The summed E-state index contributed by atoms with van der Waals surface area (Å²) in [5, 5.41) is 8.41. The van der Waals surface area contributed by atoms with Gasteiger partial charge in [0, 0.05) is 18.4 Å². The van der Waals surface area contributed by atoms with E-state index in [1.54, 1.807) is 12.1 Å². The minimum Gasteiger partial charge on any atom is -0.481 e. The van der Waals surface area contributed by atoms with Gasteiger partial charge in [0.2, 0.25) is 0 Å². The summed E-state index contributed by atoms with van der Waals surface area (Å²) in [6.07, 6.45) is 1.77. The minimum atomic E-state index is -0.804. The van der Waals surface area contributed by atoms with Gasteiger partial charge in [-0.2, -0.15) is 0 Å². The van der Waals surface area contributed by atoms with Crippen molar-refractivity contribution in [1.29, 1.82) is 0 Å². The zero-order chi connectivity index (χ0) is 16.2. The summed E-state index contributed by atoms with van der Waals surface area (Å²) in [6.45, 7) is 2.08. The Bertz CT molecular complexity index is 562. The first-order valence-corrected chi connectivity index (χ1v) is 7.41. The van der Waals surface area contributed by atoms with E-state index in [0.717, 1.165) is 0 Å². The molecule has 3 heteroatoms. The topological polar surface area (TPSA) is 54.4 Å². The predicted molar refractivity (Wildman–Crippen MR) is 88.1 cm³/mol. The van der Waals surface area contributed by atoms with E-state index in [1.807, 2.05) is 36.4 Å². The fourth-order valence-electron chi connectivity index (χ4n) is 1.86. The highest BCUT2D eigenvalue weighted by Crippen LogP contribution is 2.07. The van der Waals surface area contributed by atoms with Gasteiger partial charge in [-0.1, -0.05) is 66.2 Å². The van der Waals surface area contributed by atoms with Crippen LogP contribution in [0.15, 0.2) is 60.7 Å². The first-order valence-electron chi connectivity index (χ1n) is 7.41. The Balaban J connectivity index is 0.000000287. The second kappa shape index (κ2) is 10.3. The van der Waals surface area contributed by atoms with Crippen molar-refractivity contribution in [3.05, 3.63) is 71.8 Å². The minimum absolute atomic E-state index is 0.0842. The molecule has 0 amide bonds. The molecule has 2 aromatic rings. The molecule has 0 unspecified atom stereocenters. The third kappa shape index (κ3) is 8.00. The molecule has 0 atom stereocenters. The van der Waals surface area contributed by atoms with Crippen LogP contribution in [0.3, 0.4) is 0 Å². The predicted octanol–water partition coefficient (Wildman–Crippen LogP) is 4.51. The van der Waals surface area contributed by atoms with Crippen molar-refractivity contribution in [2.24, 2.45) is 0 Å². The summed E-state index contributed by atoms with van der Waals surface area (Å²) in [5.74, 6) is -0.719. The third-order valence-corrected chi connectivity index (χ3v) is 3.08. The van der Waals surface area contributed by atoms with E-state index in [2.05, 4.69) is 19.1 Å². The third-order valence-electron chi connectivity index (χ3n) is 3.08. The molecule has 1 N–H and O–H groups in total. The molecule has 2 aromatic carbocycles. The maximum atomic E-state index is 11.5. The molecule has 3 nitrogen and oxygen atoms in total. The number of carboxylic acid groups (broad SMARTS) is 1. The maximum absolute atomic E-state index is 11.5. The number of benzene rings is 2. The molecule has 0 bridgehead atoms. The summed E-state index contributed by atoms with van der Waals surface area (Å²) in [5.41, 5.74) is 2.02. The lowest BCUT2D eigenvalue weighted by Crippen LogP contribution is -2.00. The van der Waals surface area contributed by atoms with Gasteiger partial charge in [-0.3, -0.25) is 9.59 Å². The summed E-state index contributed by atoms with van der Waals surface area (Å²) in [4.78, 5) is 21.8. The van der Waals surface area contributed by atoms with Crippen molar-refractivity contribution in [2.45, 2.75) is 32.6 Å². The van der Waals surface area contributed by atoms with Crippen LogP contribution in [0.25, 0.3) is 0 Å². The first kappa shape index (κ1) is 17.6. The van der Waals surface area contributed by atoms with Gasteiger partial charge >= 0.3 is 5.97 Å². The van der Waals surface area contributed by atoms with E-state index in [0.29, 0.717) is 24.8 Å². The van der Waals surface area contributed by atoms with Gasteiger partial charge in [0.25, 0.3) is 0 Å². The number of aryl methyl sites for hydroxylation is 1. The zero-order valence-electron chi connectivity index (χ0n) is 12.9. The van der Waals surface area contributed by atoms with Gasteiger partial charge in [-0.25, -0.2) is 0 Å². The molecule has 0 aromatic heterocycles. The molecule has 0 aliphatic carbocycles. The Hall–Kier alpha value is -2.42. The second-order valence-corrected chi connectivity index (χ2v) is 5.04. The second-order valence-electron chi connectivity index (χ2n) is 5.04. The highest BCUT2D eigenvalue weighted by molar-refractivity contribution is 5.95. The standard InChI is InChI=1S/C12H14O3.C7H8/c13-11(8-4-5-9-12(14)15)10-6-2-1-3-7-10;1-7-5-3-2-4-6-7/h1-3,6-7H,4-5,8-9H2,(H,14,15);2-6H,1H3. The number of hydrogen-bond donors (Lipinski definition) is 1. The smallest absolute Gasteiger partial charge is 0.303 e. The Kier molecular flexibility index (Phi) is 8.28. The normalized spacial score (nSPS) is 9.50. The van der Waals surface area contributed by atoms with Crippen molar-refractivity contribution in [2.75, 3.05) is 0 Å². The van der Waals surface area contributed by atoms with Crippen LogP contribution in [-0.4, -0.2) is 16.9 Å². The molecule has 0 aliphatic rings. The summed E-state index contributed by atoms with van der Waals surface area (Å²) in [6, 6.07) is 19.3. The first-order chi connectivity index (χ1) is 10.6. The number of Topliss-reactive ketones (excluding diaryl/α,β-unsaturated/α-hetero) is 1. The average molecular weight is 298 g/mol. The van der Waals surface area contributed by atoms with Crippen LogP contribution < -0.4 is 0 Å². The van der Waals surface area contributed by atoms with Gasteiger partial charge in [0.1, 0.15) is 0 Å². The van der Waals surface area contributed by atoms with E-state index >= 15 is 0 Å². The summed E-state index contributed by atoms with van der Waals surface area (Å²) < 4.78 is 0. The Morgan fingerprint density at radius 1 is 0.818 bits per heavy atom. The fraction of sp³-hybridized carbons (Fsp3) is 0.263. The Morgan fingerprint density at radius 3 is 1.77 bits per heavy atom. The highest BCUT2D eigenvalue weighted by Gasteiger charge is 2.04. The van der Waals surface area contributed by atoms with E-state index in [-0.39, 0.29) is 12.2 Å². The van der Waals surface area contributed by atoms with Crippen LogP contribution in [0.5, 0.6) is 0 Å². The monoisotopic (exact) mass is 298 g/mol. The molecule has 0 radical (unpaired) electrons. The quantitative estimate of drug-likeness (QED) is 0.630. The number of carbonyl (C=O) groups excluding carboxylic acids is 1. The lowest BCUT2D eigenvalue weighted by molar-refractivity contribution is -0.137. The lowest BCUT2D eigenvalue weighted by atomic mass is 10.1. The number of ketones is 1. The molecule has 0 fully saturated rings. The van der Waals surface area contributed by atoms with Gasteiger partial charge in [-0.15, -0.1) is 0 Å². The summed E-state index contributed by atoms with van der Waals surface area (Å²) >= 11 is 0. The van der Waals surface area contributed by atoms with Crippen LogP contribution in [-0.2, 0) is 4.79 Å². The molecule has 0 heterocycles.